The summed E-state index contributed by atoms with van der Waals surface area (Å²) in [6, 6.07) is 7.84. The van der Waals surface area contributed by atoms with Crippen molar-refractivity contribution in [3.8, 4) is 0 Å². The van der Waals surface area contributed by atoms with E-state index >= 15 is 0 Å². The van der Waals surface area contributed by atoms with E-state index in [9.17, 15) is 0 Å². The van der Waals surface area contributed by atoms with Crippen LogP contribution >= 0.6 is 0 Å². The summed E-state index contributed by atoms with van der Waals surface area (Å²) in [4.78, 5) is 0. The van der Waals surface area contributed by atoms with Gasteiger partial charge in [0.25, 0.3) is 0 Å². The Labute approximate surface area is 67.2 Å². The van der Waals surface area contributed by atoms with Gasteiger partial charge in [-0.3, -0.25) is 0 Å². The third kappa shape index (κ3) is 1.71. The first-order chi connectivity index (χ1) is 5.25. The number of rotatable bonds is 2. The van der Waals surface area contributed by atoms with Crippen molar-refractivity contribution in [1.29, 1.82) is 0 Å². The number of nitrogen functional groups attached to an aromatic ring is 1. The van der Waals surface area contributed by atoms with Crippen LogP contribution in [0.4, 0.5) is 5.69 Å². The van der Waals surface area contributed by atoms with Gasteiger partial charge in [0.05, 0.1) is 0 Å². The number of nitrogens with two attached hydrogens (primary N) is 2. The third-order valence-electron chi connectivity index (χ3n) is 1.88. The Bertz CT molecular complexity index is 233. The standard InChI is InChI=1S/C9H14N2/c1-7(6-10)8-4-2-3-5-9(8)11/h2-5,7H,6,10-11H2,1H3/t7-/m1/s1. The fourth-order valence-electron chi connectivity index (χ4n) is 1.09. The molecule has 0 amide bonds. The molecular formula is C9H14N2. The summed E-state index contributed by atoms with van der Waals surface area (Å²) >= 11 is 0. The smallest absolute Gasteiger partial charge is 0.0349 e. The van der Waals surface area contributed by atoms with Crippen LogP contribution in [0.2, 0.25) is 0 Å². The SMILES string of the molecule is C[C@H](CN)c1ccccc1N. The molecule has 1 aromatic rings. The summed E-state index contributed by atoms with van der Waals surface area (Å²) in [7, 11) is 0. The van der Waals surface area contributed by atoms with Gasteiger partial charge in [-0.15, -0.1) is 0 Å². The zero-order valence-electron chi connectivity index (χ0n) is 6.75. The van der Waals surface area contributed by atoms with Crippen LogP contribution in [0.3, 0.4) is 0 Å². The van der Waals surface area contributed by atoms with Crippen molar-refractivity contribution in [3.05, 3.63) is 29.8 Å². The van der Waals surface area contributed by atoms with Gasteiger partial charge in [-0.05, 0) is 24.1 Å². The molecule has 0 fully saturated rings. The summed E-state index contributed by atoms with van der Waals surface area (Å²) in [5.74, 6) is 0.358. The van der Waals surface area contributed by atoms with Crippen molar-refractivity contribution in [2.24, 2.45) is 5.73 Å². The highest BCUT2D eigenvalue weighted by molar-refractivity contribution is 5.48. The summed E-state index contributed by atoms with van der Waals surface area (Å²) in [5, 5.41) is 0. The highest BCUT2D eigenvalue weighted by Gasteiger charge is 2.04. The van der Waals surface area contributed by atoms with Gasteiger partial charge in [0.2, 0.25) is 0 Å². The number of anilines is 1. The van der Waals surface area contributed by atoms with Crippen molar-refractivity contribution in [2.45, 2.75) is 12.8 Å². The Morgan fingerprint density at radius 3 is 2.55 bits per heavy atom. The molecule has 0 heterocycles. The molecule has 1 aromatic carbocycles. The Morgan fingerprint density at radius 2 is 2.00 bits per heavy atom. The molecule has 0 bridgehead atoms. The van der Waals surface area contributed by atoms with Gasteiger partial charge in [-0.25, -0.2) is 0 Å². The van der Waals surface area contributed by atoms with Gasteiger partial charge in [-0.1, -0.05) is 25.1 Å². The van der Waals surface area contributed by atoms with Crippen LogP contribution in [0.15, 0.2) is 24.3 Å². The quantitative estimate of drug-likeness (QED) is 0.625. The van der Waals surface area contributed by atoms with E-state index < -0.39 is 0 Å². The molecule has 0 aliphatic heterocycles. The lowest BCUT2D eigenvalue weighted by Gasteiger charge is -2.10. The maximum absolute atomic E-state index is 5.74. The maximum Gasteiger partial charge on any atom is 0.0349 e. The first kappa shape index (κ1) is 8.08. The molecule has 0 saturated heterocycles. The van der Waals surface area contributed by atoms with Crippen molar-refractivity contribution in [3.63, 3.8) is 0 Å². The Morgan fingerprint density at radius 1 is 1.36 bits per heavy atom. The van der Waals surface area contributed by atoms with Gasteiger partial charge in [0.1, 0.15) is 0 Å². The van der Waals surface area contributed by atoms with Gasteiger partial charge >= 0.3 is 0 Å². The molecule has 1 atom stereocenters. The number of para-hydroxylation sites is 1. The van der Waals surface area contributed by atoms with Crippen molar-refractivity contribution in [1.82, 2.24) is 0 Å². The minimum Gasteiger partial charge on any atom is -0.398 e. The molecule has 2 heteroatoms. The Kier molecular flexibility index (Phi) is 2.49. The van der Waals surface area contributed by atoms with Gasteiger partial charge < -0.3 is 11.5 Å². The second-order valence-electron chi connectivity index (χ2n) is 2.77. The van der Waals surface area contributed by atoms with E-state index in [4.69, 9.17) is 11.5 Å². The number of benzene rings is 1. The molecule has 2 nitrogen and oxygen atoms in total. The van der Waals surface area contributed by atoms with Gasteiger partial charge in [0, 0.05) is 5.69 Å². The van der Waals surface area contributed by atoms with Crippen LogP contribution in [-0.2, 0) is 0 Å². The normalized spacial score (nSPS) is 12.9. The first-order valence-electron chi connectivity index (χ1n) is 3.80. The van der Waals surface area contributed by atoms with E-state index in [1.165, 1.54) is 0 Å². The van der Waals surface area contributed by atoms with Crippen molar-refractivity contribution < 1.29 is 0 Å². The van der Waals surface area contributed by atoms with E-state index in [2.05, 4.69) is 6.92 Å². The van der Waals surface area contributed by atoms with E-state index in [-0.39, 0.29) is 0 Å². The lowest BCUT2D eigenvalue weighted by molar-refractivity contribution is 0.776. The van der Waals surface area contributed by atoms with Crippen LogP contribution in [0.1, 0.15) is 18.4 Å². The molecule has 0 unspecified atom stereocenters. The molecule has 11 heavy (non-hydrogen) atoms. The van der Waals surface area contributed by atoms with E-state index in [1.54, 1.807) is 0 Å². The van der Waals surface area contributed by atoms with Crippen LogP contribution in [-0.4, -0.2) is 6.54 Å². The van der Waals surface area contributed by atoms with Crippen LogP contribution < -0.4 is 11.5 Å². The average molecular weight is 150 g/mol. The molecule has 0 aromatic heterocycles. The monoisotopic (exact) mass is 150 g/mol. The van der Waals surface area contributed by atoms with Crippen molar-refractivity contribution in [2.75, 3.05) is 12.3 Å². The minimum atomic E-state index is 0.358. The zero-order valence-corrected chi connectivity index (χ0v) is 6.75. The molecular weight excluding hydrogens is 136 g/mol. The first-order valence-corrected chi connectivity index (χ1v) is 3.80. The lowest BCUT2D eigenvalue weighted by atomic mass is 10.00. The van der Waals surface area contributed by atoms with Crippen LogP contribution in [0.5, 0.6) is 0 Å². The second kappa shape index (κ2) is 3.39. The molecule has 0 aliphatic rings. The van der Waals surface area contributed by atoms with Gasteiger partial charge in [-0.2, -0.15) is 0 Å². The lowest BCUT2D eigenvalue weighted by Crippen LogP contribution is -2.10. The predicted molar refractivity (Wildman–Crippen MR) is 48.3 cm³/mol. The van der Waals surface area contributed by atoms with Crippen LogP contribution in [0, 0.1) is 0 Å². The predicted octanol–water partition coefficient (Wildman–Crippen LogP) is 1.33. The third-order valence-corrected chi connectivity index (χ3v) is 1.88. The molecule has 4 N–H and O–H groups in total. The molecule has 0 radical (unpaired) electrons. The van der Waals surface area contributed by atoms with Gasteiger partial charge in [0.15, 0.2) is 0 Å². The molecule has 0 saturated carbocycles. The van der Waals surface area contributed by atoms with E-state index in [1.807, 2.05) is 24.3 Å². The largest absolute Gasteiger partial charge is 0.398 e. The highest BCUT2D eigenvalue weighted by atomic mass is 14.6. The minimum absolute atomic E-state index is 0.358. The number of hydrogen-bond donors (Lipinski definition) is 2. The highest BCUT2D eigenvalue weighted by Crippen LogP contribution is 2.19. The molecule has 60 valence electrons. The van der Waals surface area contributed by atoms with Crippen molar-refractivity contribution >= 4 is 5.69 Å². The van der Waals surface area contributed by atoms with Crippen LogP contribution in [0.25, 0.3) is 0 Å². The maximum atomic E-state index is 5.74. The summed E-state index contributed by atoms with van der Waals surface area (Å²) in [5.41, 5.74) is 13.2. The van der Waals surface area contributed by atoms with E-state index in [0.717, 1.165) is 11.3 Å². The Hall–Kier alpha value is -1.02. The summed E-state index contributed by atoms with van der Waals surface area (Å²) in [6.07, 6.45) is 0. The average Bonchev–Trinajstić information content (AvgIpc) is 2.04. The summed E-state index contributed by atoms with van der Waals surface area (Å²) in [6.45, 7) is 2.72. The summed E-state index contributed by atoms with van der Waals surface area (Å²) < 4.78 is 0. The molecule has 0 spiro atoms. The Balaban J connectivity index is 2.93. The fraction of sp³-hybridized carbons (Fsp3) is 0.333. The molecule has 1 rings (SSSR count). The number of hydrogen-bond acceptors (Lipinski definition) is 2. The zero-order chi connectivity index (χ0) is 8.27. The topological polar surface area (TPSA) is 52.0 Å². The molecule has 0 aliphatic carbocycles. The second-order valence-corrected chi connectivity index (χ2v) is 2.77. The van der Waals surface area contributed by atoms with E-state index in [0.29, 0.717) is 12.5 Å². The fourth-order valence-corrected chi connectivity index (χ4v) is 1.09.